The van der Waals surface area contributed by atoms with E-state index in [-0.39, 0.29) is 0 Å². The number of nitrogens with one attached hydrogen (secondary N) is 1. The summed E-state index contributed by atoms with van der Waals surface area (Å²) in [6, 6.07) is 18.5. The molecule has 0 aliphatic rings. The fourth-order valence-corrected chi connectivity index (χ4v) is 2.79. The van der Waals surface area contributed by atoms with Crippen molar-refractivity contribution in [3.05, 3.63) is 71.6 Å². The molecule has 0 saturated carbocycles. The van der Waals surface area contributed by atoms with Crippen LogP contribution in [0.4, 0.5) is 5.82 Å². The first-order valence-corrected chi connectivity index (χ1v) is 8.19. The standard InChI is InChI=1S/C20H18N4O/c1-13-8-9-18-16(10-13)11-17(20-22-14(2)25-24-20)19(23-18)21-12-15-6-4-3-5-7-15/h3-11H,12H2,1-2H3,(H,21,23). The van der Waals surface area contributed by atoms with Crippen molar-refractivity contribution in [1.82, 2.24) is 15.1 Å². The largest absolute Gasteiger partial charge is 0.365 e. The quantitative estimate of drug-likeness (QED) is 0.596. The normalized spacial score (nSPS) is 11.0. The van der Waals surface area contributed by atoms with Crippen LogP contribution in [0.25, 0.3) is 22.3 Å². The lowest BCUT2D eigenvalue weighted by atomic mass is 10.1. The molecule has 2 aromatic heterocycles. The Morgan fingerprint density at radius 2 is 1.80 bits per heavy atom. The third-order valence-electron chi connectivity index (χ3n) is 4.04. The lowest BCUT2D eigenvalue weighted by molar-refractivity contribution is 0.394. The Morgan fingerprint density at radius 1 is 0.960 bits per heavy atom. The van der Waals surface area contributed by atoms with E-state index in [1.807, 2.05) is 24.3 Å². The van der Waals surface area contributed by atoms with E-state index >= 15 is 0 Å². The summed E-state index contributed by atoms with van der Waals surface area (Å²) in [6.07, 6.45) is 0. The van der Waals surface area contributed by atoms with Crippen molar-refractivity contribution in [2.45, 2.75) is 20.4 Å². The van der Waals surface area contributed by atoms with Gasteiger partial charge in [-0.25, -0.2) is 4.98 Å². The van der Waals surface area contributed by atoms with Crippen LogP contribution in [0.15, 0.2) is 59.1 Å². The van der Waals surface area contributed by atoms with E-state index in [0.717, 1.165) is 22.3 Å². The van der Waals surface area contributed by atoms with Crippen LogP contribution in [0.2, 0.25) is 0 Å². The van der Waals surface area contributed by atoms with Gasteiger partial charge in [0.2, 0.25) is 11.7 Å². The Labute approximate surface area is 145 Å². The number of hydrogen-bond donors (Lipinski definition) is 1. The van der Waals surface area contributed by atoms with Gasteiger partial charge in [-0.3, -0.25) is 0 Å². The molecule has 2 aromatic carbocycles. The number of fused-ring (bicyclic) bond motifs is 1. The van der Waals surface area contributed by atoms with Crippen molar-refractivity contribution in [2.75, 3.05) is 5.32 Å². The first kappa shape index (κ1) is 15.3. The van der Waals surface area contributed by atoms with E-state index in [1.54, 1.807) is 6.92 Å². The summed E-state index contributed by atoms with van der Waals surface area (Å²) in [6.45, 7) is 4.53. The maximum atomic E-state index is 5.16. The Bertz CT molecular complexity index is 1020. The monoisotopic (exact) mass is 330 g/mol. The zero-order chi connectivity index (χ0) is 17.2. The van der Waals surface area contributed by atoms with Gasteiger partial charge in [-0.05, 0) is 30.7 Å². The number of benzene rings is 2. The molecular weight excluding hydrogens is 312 g/mol. The molecule has 25 heavy (non-hydrogen) atoms. The average Bonchev–Trinajstić information content (AvgIpc) is 3.06. The van der Waals surface area contributed by atoms with Gasteiger partial charge in [0.15, 0.2) is 0 Å². The summed E-state index contributed by atoms with van der Waals surface area (Å²) < 4.78 is 5.16. The summed E-state index contributed by atoms with van der Waals surface area (Å²) in [4.78, 5) is 9.15. The van der Waals surface area contributed by atoms with Gasteiger partial charge in [0.05, 0.1) is 11.1 Å². The smallest absolute Gasteiger partial charge is 0.223 e. The molecule has 0 aliphatic carbocycles. The van der Waals surface area contributed by atoms with Gasteiger partial charge < -0.3 is 9.84 Å². The number of pyridine rings is 1. The van der Waals surface area contributed by atoms with E-state index in [4.69, 9.17) is 9.51 Å². The van der Waals surface area contributed by atoms with Crippen molar-refractivity contribution >= 4 is 16.7 Å². The van der Waals surface area contributed by atoms with Gasteiger partial charge in [0.25, 0.3) is 0 Å². The van der Waals surface area contributed by atoms with Crippen molar-refractivity contribution in [2.24, 2.45) is 0 Å². The van der Waals surface area contributed by atoms with Crippen LogP contribution < -0.4 is 5.32 Å². The molecule has 4 rings (SSSR count). The van der Waals surface area contributed by atoms with Crippen LogP contribution in [0.1, 0.15) is 17.0 Å². The Hall–Kier alpha value is -3.21. The van der Waals surface area contributed by atoms with Crippen molar-refractivity contribution in [3.63, 3.8) is 0 Å². The molecule has 0 saturated heterocycles. The molecule has 0 spiro atoms. The molecule has 2 heterocycles. The molecule has 0 atom stereocenters. The van der Waals surface area contributed by atoms with E-state index in [9.17, 15) is 0 Å². The Kier molecular flexibility index (Phi) is 3.90. The number of aryl methyl sites for hydroxylation is 2. The van der Waals surface area contributed by atoms with Gasteiger partial charge in [-0.2, -0.15) is 4.98 Å². The van der Waals surface area contributed by atoms with Gasteiger partial charge in [0.1, 0.15) is 5.82 Å². The predicted molar refractivity (Wildman–Crippen MR) is 98.3 cm³/mol. The first-order valence-electron chi connectivity index (χ1n) is 8.19. The number of rotatable bonds is 4. The van der Waals surface area contributed by atoms with Gasteiger partial charge in [0, 0.05) is 18.9 Å². The fraction of sp³-hybridized carbons (Fsp3) is 0.150. The molecule has 0 bridgehead atoms. The second kappa shape index (κ2) is 6.36. The summed E-state index contributed by atoms with van der Waals surface area (Å²) in [5.41, 5.74) is 4.15. The van der Waals surface area contributed by atoms with Gasteiger partial charge in [-0.1, -0.05) is 47.1 Å². The molecule has 0 fully saturated rings. The van der Waals surface area contributed by atoms with E-state index in [1.165, 1.54) is 11.1 Å². The topological polar surface area (TPSA) is 63.8 Å². The maximum Gasteiger partial charge on any atom is 0.223 e. The van der Waals surface area contributed by atoms with Crippen molar-refractivity contribution in [1.29, 1.82) is 0 Å². The number of aromatic nitrogens is 3. The third-order valence-corrected chi connectivity index (χ3v) is 4.04. The van der Waals surface area contributed by atoms with Crippen LogP contribution in [0.3, 0.4) is 0 Å². The van der Waals surface area contributed by atoms with Crippen molar-refractivity contribution in [3.8, 4) is 11.4 Å². The molecule has 5 heteroatoms. The maximum absolute atomic E-state index is 5.16. The molecule has 124 valence electrons. The molecule has 5 nitrogen and oxygen atoms in total. The van der Waals surface area contributed by atoms with Crippen LogP contribution in [0, 0.1) is 13.8 Å². The molecule has 0 radical (unpaired) electrons. The highest BCUT2D eigenvalue weighted by molar-refractivity contribution is 5.88. The molecular formula is C20H18N4O. The summed E-state index contributed by atoms with van der Waals surface area (Å²) in [5, 5.41) is 8.53. The van der Waals surface area contributed by atoms with Gasteiger partial charge in [-0.15, -0.1) is 0 Å². The molecule has 1 N–H and O–H groups in total. The van der Waals surface area contributed by atoms with Crippen LogP contribution >= 0.6 is 0 Å². The van der Waals surface area contributed by atoms with E-state index < -0.39 is 0 Å². The highest BCUT2D eigenvalue weighted by Crippen LogP contribution is 2.29. The predicted octanol–water partition coefficient (Wildman–Crippen LogP) is 4.51. The fourth-order valence-electron chi connectivity index (χ4n) is 2.79. The second-order valence-electron chi connectivity index (χ2n) is 6.06. The third kappa shape index (κ3) is 3.21. The zero-order valence-electron chi connectivity index (χ0n) is 14.2. The zero-order valence-corrected chi connectivity index (χ0v) is 14.2. The highest BCUT2D eigenvalue weighted by atomic mass is 16.5. The Morgan fingerprint density at radius 3 is 2.56 bits per heavy atom. The van der Waals surface area contributed by atoms with Crippen molar-refractivity contribution < 1.29 is 4.52 Å². The Balaban J connectivity index is 1.78. The minimum Gasteiger partial charge on any atom is -0.365 e. The first-order chi connectivity index (χ1) is 12.2. The number of nitrogens with zero attached hydrogens (tertiary/aromatic N) is 3. The highest BCUT2D eigenvalue weighted by Gasteiger charge is 2.14. The van der Waals surface area contributed by atoms with Gasteiger partial charge >= 0.3 is 0 Å². The van der Waals surface area contributed by atoms with Crippen LogP contribution in [-0.2, 0) is 6.54 Å². The lowest BCUT2D eigenvalue weighted by Gasteiger charge is -2.11. The minimum absolute atomic E-state index is 0.536. The molecule has 4 aromatic rings. The lowest BCUT2D eigenvalue weighted by Crippen LogP contribution is -2.04. The molecule has 0 unspecified atom stereocenters. The summed E-state index contributed by atoms with van der Waals surface area (Å²) in [7, 11) is 0. The minimum atomic E-state index is 0.536. The number of hydrogen-bond acceptors (Lipinski definition) is 5. The molecule has 0 aliphatic heterocycles. The van der Waals surface area contributed by atoms with Crippen LogP contribution in [0.5, 0.6) is 0 Å². The van der Waals surface area contributed by atoms with E-state index in [0.29, 0.717) is 18.3 Å². The average molecular weight is 330 g/mol. The molecule has 0 amide bonds. The number of anilines is 1. The second-order valence-corrected chi connectivity index (χ2v) is 6.06. The summed E-state index contributed by atoms with van der Waals surface area (Å²) >= 11 is 0. The summed E-state index contributed by atoms with van der Waals surface area (Å²) in [5.74, 6) is 1.83. The van der Waals surface area contributed by atoms with Crippen LogP contribution in [-0.4, -0.2) is 15.1 Å². The SMILES string of the molecule is Cc1ccc2nc(NCc3ccccc3)c(-c3noc(C)n3)cc2c1. The van der Waals surface area contributed by atoms with E-state index in [2.05, 4.69) is 52.7 Å².